The van der Waals surface area contributed by atoms with Crippen molar-refractivity contribution in [1.29, 1.82) is 0 Å². The lowest BCUT2D eigenvalue weighted by Crippen LogP contribution is -2.43. The Morgan fingerprint density at radius 3 is 3.00 bits per heavy atom. The quantitative estimate of drug-likeness (QED) is 0.869. The highest BCUT2D eigenvalue weighted by molar-refractivity contribution is 6.01. The Morgan fingerprint density at radius 1 is 1.35 bits per heavy atom. The maximum absolute atomic E-state index is 12.4. The highest BCUT2D eigenvalue weighted by atomic mass is 16.6. The molecule has 1 aromatic rings. The number of hydrogen-bond donors (Lipinski definition) is 2. The van der Waals surface area contributed by atoms with Gasteiger partial charge in [0.25, 0.3) is 0 Å². The predicted molar refractivity (Wildman–Crippen MR) is 83.0 cm³/mol. The van der Waals surface area contributed by atoms with E-state index >= 15 is 0 Å². The molecule has 2 aliphatic heterocycles. The molecule has 3 amide bonds. The third kappa shape index (κ3) is 3.44. The highest BCUT2D eigenvalue weighted by Gasteiger charge is 2.30. The van der Waals surface area contributed by atoms with Crippen LogP contribution < -0.4 is 10.6 Å². The van der Waals surface area contributed by atoms with Crippen molar-refractivity contribution in [3.05, 3.63) is 29.8 Å². The molecule has 0 aromatic heterocycles. The number of benzene rings is 1. The number of cyclic esters (lactones) is 1. The molecule has 1 aromatic carbocycles. The standard InChI is InChI=1S/C16H19N3O4/c20-14-10-12(11-4-1-2-5-13(11)18-14)15(21)17-6-8-19-7-3-9-23-16(19)22/h1-2,4-5,12H,3,6-10H2,(H,17,21)(H,18,20)/t12-/m1/s1. The van der Waals surface area contributed by atoms with Crippen LogP contribution in [0.25, 0.3) is 0 Å². The lowest BCUT2D eigenvalue weighted by atomic mass is 9.90. The third-order valence-corrected chi connectivity index (χ3v) is 4.05. The van der Waals surface area contributed by atoms with Gasteiger partial charge in [0.2, 0.25) is 11.8 Å². The van der Waals surface area contributed by atoms with E-state index in [0.29, 0.717) is 31.9 Å². The van der Waals surface area contributed by atoms with E-state index in [2.05, 4.69) is 10.6 Å². The van der Waals surface area contributed by atoms with E-state index in [9.17, 15) is 14.4 Å². The van der Waals surface area contributed by atoms with Crippen molar-refractivity contribution in [3.63, 3.8) is 0 Å². The minimum Gasteiger partial charge on any atom is -0.449 e. The van der Waals surface area contributed by atoms with Crippen LogP contribution in [-0.4, -0.2) is 49.0 Å². The van der Waals surface area contributed by atoms with Gasteiger partial charge in [-0.2, -0.15) is 0 Å². The minimum atomic E-state index is -0.492. The van der Waals surface area contributed by atoms with Gasteiger partial charge >= 0.3 is 6.09 Å². The fourth-order valence-corrected chi connectivity index (χ4v) is 2.88. The Hall–Kier alpha value is -2.57. The van der Waals surface area contributed by atoms with Crippen LogP contribution in [0.3, 0.4) is 0 Å². The number of ether oxygens (including phenoxy) is 1. The van der Waals surface area contributed by atoms with Crippen molar-refractivity contribution in [3.8, 4) is 0 Å². The molecule has 2 N–H and O–H groups in total. The molecule has 7 heteroatoms. The molecule has 0 unspecified atom stereocenters. The Morgan fingerprint density at radius 2 is 2.17 bits per heavy atom. The Labute approximate surface area is 134 Å². The maximum Gasteiger partial charge on any atom is 0.409 e. The minimum absolute atomic E-state index is 0.134. The summed E-state index contributed by atoms with van der Waals surface area (Å²) in [5.41, 5.74) is 1.51. The second kappa shape index (κ2) is 6.68. The molecule has 0 spiro atoms. The summed E-state index contributed by atoms with van der Waals surface area (Å²) in [6.45, 7) is 1.85. The first-order valence-corrected chi connectivity index (χ1v) is 7.73. The zero-order valence-corrected chi connectivity index (χ0v) is 12.7. The lowest BCUT2D eigenvalue weighted by molar-refractivity contribution is -0.126. The number of carbonyl (C=O) groups is 3. The number of fused-ring (bicyclic) bond motifs is 1. The maximum atomic E-state index is 12.4. The summed E-state index contributed by atoms with van der Waals surface area (Å²) in [7, 11) is 0. The van der Waals surface area contributed by atoms with E-state index in [-0.39, 0.29) is 24.3 Å². The second-order valence-electron chi connectivity index (χ2n) is 5.64. The fourth-order valence-electron chi connectivity index (χ4n) is 2.88. The van der Waals surface area contributed by atoms with E-state index in [4.69, 9.17) is 4.74 Å². The molecule has 23 heavy (non-hydrogen) atoms. The first-order valence-electron chi connectivity index (χ1n) is 7.73. The van der Waals surface area contributed by atoms with E-state index in [1.807, 2.05) is 18.2 Å². The van der Waals surface area contributed by atoms with Crippen molar-refractivity contribution < 1.29 is 19.1 Å². The van der Waals surface area contributed by atoms with Crippen molar-refractivity contribution >= 4 is 23.6 Å². The summed E-state index contributed by atoms with van der Waals surface area (Å²) < 4.78 is 4.95. The molecule has 7 nitrogen and oxygen atoms in total. The van der Waals surface area contributed by atoms with Gasteiger partial charge in [-0.15, -0.1) is 0 Å². The Balaban J connectivity index is 1.58. The topological polar surface area (TPSA) is 87.7 Å². The van der Waals surface area contributed by atoms with E-state index in [1.165, 1.54) is 0 Å². The number of rotatable bonds is 4. The van der Waals surface area contributed by atoms with Crippen molar-refractivity contribution in [2.75, 3.05) is 31.6 Å². The van der Waals surface area contributed by atoms with Crippen LogP contribution in [0.5, 0.6) is 0 Å². The van der Waals surface area contributed by atoms with Gasteiger partial charge in [-0.25, -0.2) is 4.79 Å². The number of amides is 3. The normalized spacial score (nSPS) is 20.3. The molecule has 122 valence electrons. The van der Waals surface area contributed by atoms with Gasteiger partial charge in [0.05, 0.1) is 12.5 Å². The van der Waals surface area contributed by atoms with Crippen LogP contribution in [0.1, 0.15) is 24.3 Å². The van der Waals surface area contributed by atoms with Crippen LogP contribution in [0.2, 0.25) is 0 Å². The van der Waals surface area contributed by atoms with Crippen LogP contribution in [-0.2, 0) is 14.3 Å². The Bertz CT molecular complexity index is 632. The second-order valence-corrected chi connectivity index (χ2v) is 5.64. The predicted octanol–water partition coefficient (Wildman–Crippen LogP) is 1.07. The van der Waals surface area contributed by atoms with Gasteiger partial charge in [-0.05, 0) is 18.1 Å². The van der Waals surface area contributed by atoms with Crippen LogP contribution >= 0.6 is 0 Å². The summed E-state index contributed by atoms with van der Waals surface area (Å²) in [5, 5.41) is 5.58. The number of carbonyl (C=O) groups excluding carboxylic acids is 3. The summed E-state index contributed by atoms with van der Waals surface area (Å²) in [6.07, 6.45) is 0.595. The lowest BCUT2D eigenvalue weighted by Gasteiger charge is -2.27. The number of nitrogens with zero attached hydrogens (tertiary/aromatic N) is 1. The number of para-hydroxylation sites is 1. The van der Waals surface area contributed by atoms with Crippen LogP contribution in [0.4, 0.5) is 10.5 Å². The van der Waals surface area contributed by atoms with Gasteiger partial charge in [-0.1, -0.05) is 18.2 Å². The van der Waals surface area contributed by atoms with Crippen LogP contribution in [0.15, 0.2) is 24.3 Å². The van der Waals surface area contributed by atoms with Gasteiger partial charge in [0.1, 0.15) is 0 Å². The average molecular weight is 317 g/mol. The SMILES string of the molecule is O=C1C[C@@H](C(=O)NCCN2CCCOC2=O)c2ccccc2N1. The number of hydrogen-bond acceptors (Lipinski definition) is 4. The molecule has 1 fully saturated rings. The van der Waals surface area contributed by atoms with Crippen LogP contribution in [0, 0.1) is 0 Å². The monoisotopic (exact) mass is 317 g/mol. The molecule has 0 bridgehead atoms. The number of nitrogens with one attached hydrogen (secondary N) is 2. The molecule has 2 heterocycles. The largest absolute Gasteiger partial charge is 0.449 e. The van der Waals surface area contributed by atoms with E-state index in [0.717, 1.165) is 12.0 Å². The zero-order chi connectivity index (χ0) is 16.2. The van der Waals surface area contributed by atoms with E-state index < -0.39 is 5.92 Å². The van der Waals surface area contributed by atoms with Crippen molar-refractivity contribution in [2.24, 2.45) is 0 Å². The average Bonchev–Trinajstić information content (AvgIpc) is 2.55. The highest BCUT2D eigenvalue weighted by Crippen LogP contribution is 2.31. The molecular weight excluding hydrogens is 298 g/mol. The summed E-state index contributed by atoms with van der Waals surface area (Å²) in [5.74, 6) is -0.852. The van der Waals surface area contributed by atoms with Gasteiger partial charge in [0, 0.05) is 31.7 Å². The zero-order valence-electron chi connectivity index (χ0n) is 12.7. The van der Waals surface area contributed by atoms with Gasteiger partial charge in [0.15, 0.2) is 0 Å². The molecule has 0 radical (unpaired) electrons. The molecule has 1 saturated heterocycles. The molecule has 2 aliphatic rings. The summed E-state index contributed by atoms with van der Waals surface area (Å²) in [4.78, 5) is 37.2. The van der Waals surface area contributed by atoms with Crippen molar-refractivity contribution in [1.82, 2.24) is 10.2 Å². The number of anilines is 1. The smallest absolute Gasteiger partial charge is 0.409 e. The van der Waals surface area contributed by atoms with Gasteiger partial charge in [-0.3, -0.25) is 9.59 Å². The molecular formula is C16H19N3O4. The summed E-state index contributed by atoms with van der Waals surface area (Å²) >= 11 is 0. The third-order valence-electron chi connectivity index (χ3n) is 4.05. The first-order chi connectivity index (χ1) is 11.1. The van der Waals surface area contributed by atoms with E-state index in [1.54, 1.807) is 11.0 Å². The molecule has 3 rings (SSSR count). The Kier molecular flexibility index (Phi) is 4.45. The molecule has 1 atom stereocenters. The molecule has 0 saturated carbocycles. The summed E-state index contributed by atoms with van der Waals surface area (Å²) in [6, 6.07) is 7.30. The first kappa shape index (κ1) is 15.3. The molecule has 0 aliphatic carbocycles. The van der Waals surface area contributed by atoms with Gasteiger partial charge < -0.3 is 20.3 Å². The van der Waals surface area contributed by atoms with Crippen molar-refractivity contribution in [2.45, 2.75) is 18.8 Å². The fraction of sp³-hybridized carbons (Fsp3) is 0.438.